The number of rotatable bonds is 3. The Morgan fingerprint density at radius 3 is 3.12 bits per heavy atom. The highest BCUT2D eigenvalue weighted by atomic mass is 16.5. The third kappa shape index (κ3) is 2.91. The van der Waals surface area contributed by atoms with Gasteiger partial charge in [-0.05, 0) is 43.2 Å². The number of nitrogens with one attached hydrogen (secondary N) is 1. The molecule has 0 unspecified atom stereocenters. The Hall–Kier alpha value is -1.59. The predicted molar refractivity (Wildman–Crippen MR) is 90.9 cm³/mol. The van der Waals surface area contributed by atoms with Crippen molar-refractivity contribution in [1.29, 1.82) is 0 Å². The van der Waals surface area contributed by atoms with Gasteiger partial charge in [0, 0.05) is 18.5 Å². The molecule has 5 atom stereocenters. The van der Waals surface area contributed by atoms with Gasteiger partial charge in [-0.15, -0.1) is 0 Å². The standard InChI is InChI=1S/C19H26N2O3/c1-12(22)10-14-11-24-9-8-21(14)19(23)20-18-16-7-6-13-4-2-3-5-15(13)17(16)18/h2-5,12,14,16-18,22H,6-11H2,1H3,(H,20,23)/t12-,14+,16+,17-,18+/m0/s1. The van der Waals surface area contributed by atoms with Crippen LogP contribution in [-0.2, 0) is 11.2 Å². The number of benzene rings is 1. The van der Waals surface area contributed by atoms with E-state index in [1.54, 1.807) is 6.92 Å². The molecule has 5 nitrogen and oxygen atoms in total. The van der Waals surface area contributed by atoms with Crippen molar-refractivity contribution in [3.05, 3.63) is 35.4 Å². The molecule has 4 rings (SSSR count). The Morgan fingerprint density at radius 1 is 1.46 bits per heavy atom. The minimum atomic E-state index is -0.428. The summed E-state index contributed by atoms with van der Waals surface area (Å²) in [4.78, 5) is 14.6. The van der Waals surface area contributed by atoms with Crippen molar-refractivity contribution in [3.8, 4) is 0 Å². The maximum Gasteiger partial charge on any atom is 0.318 e. The summed E-state index contributed by atoms with van der Waals surface area (Å²) in [7, 11) is 0. The SMILES string of the molecule is C[C@H](O)C[C@@H]1COCCN1C(=O)N[C@@H]1[C@@H]2CCc3ccccc3[C@@H]21. The minimum Gasteiger partial charge on any atom is -0.393 e. The Labute approximate surface area is 143 Å². The van der Waals surface area contributed by atoms with Crippen LogP contribution in [0, 0.1) is 5.92 Å². The number of aliphatic hydroxyl groups excluding tert-OH is 1. The van der Waals surface area contributed by atoms with E-state index < -0.39 is 6.10 Å². The zero-order valence-corrected chi connectivity index (χ0v) is 14.1. The fourth-order valence-corrected chi connectivity index (χ4v) is 4.50. The van der Waals surface area contributed by atoms with Gasteiger partial charge in [-0.1, -0.05) is 24.3 Å². The molecule has 0 spiro atoms. The highest BCUT2D eigenvalue weighted by Crippen LogP contribution is 2.54. The van der Waals surface area contributed by atoms with E-state index in [-0.39, 0.29) is 18.1 Å². The number of aryl methyl sites for hydroxylation is 1. The minimum absolute atomic E-state index is 0.000770. The van der Waals surface area contributed by atoms with Crippen LogP contribution in [0.4, 0.5) is 4.79 Å². The molecular formula is C19H26N2O3. The number of hydrogen-bond acceptors (Lipinski definition) is 3. The fourth-order valence-electron chi connectivity index (χ4n) is 4.50. The molecular weight excluding hydrogens is 304 g/mol. The van der Waals surface area contributed by atoms with Crippen LogP contribution < -0.4 is 5.32 Å². The number of hydrogen-bond donors (Lipinski definition) is 2. The Kier molecular flexibility index (Phi) is 4.22. The number of amides is 2. The van der Waals surface area contributed by atoms with Gasteiger partial charge < -0.3 is 20.1 Å². The van der Waals surface area contributed by atoms with Crippen molar-refractivity contribution >= 4 is 6.03 Å². The highest BCUT2D eigenvalue weighted by Gasteiger charge is 2.54. The van der Waals surface area contributed by atoms with Gasteiger partial charge in [0.1, 0.15) is 0 Å². The molecule has 1 aromatic rings. The van der Waals surface area contributed by atoms with E-state index in [0.29, 0.717) is 38.0 Å². The average molecular weight is 330 g/mol. The molecule has 0 aromatic heterocycles. The van der Waals surface area contributed by atoms with E-state index in [2.05, 4.69) is 29.6 Å². The molecule has 0 bridgehead atoms. The number of nitrogens with zero attached hydrogens (tertiary/aromatic N) is 1. The molecule has 2 aliphatic carbocycles. The molecule has 3 aliphatic rings. The first-order chi connectivity index (χ1) is 11.6. The van der Waals surface area contributed by atoms with E-state index in [1.807, 2.05) is 4.90 Å². The molecule has 24 heavy (non-hydrogen) atoms. The molecule has 1 saturated carbocycles. The normalized spacial score (nSPS) is 32.5. The van der Waals surface area contributed by atoms with E-state index in [4.69, 9.17) is 4.74 Å². The van der Waals surface area contributed by atoms with Gasteiger partial charge in [0.05, 0.1) is 25.4 Å². The largest absolute Gasteiger partial charge is 0.393 e. The maximum absolute atomic E-state index is 12.8. The van der Waals surface area contributed by atoms with E-state index in [1.165, 1.54) is 11.1 Å². The first-order valence-corrected chi connectivity index (χ1v) is 9.06. The molecule has 1 aromatic carbocycles. The van der Waals surface area contributed by atoms with Crippen LogP contribution in [0.25, 0.3) is 0 Å². The number of ether oxygens (including phenoxy) is 1. The number of morpholine rings is 1. The summed E-state index contributed by atoms with van der Waals surface area (Å²) in [6, 6.07) is 8.85. The summed E-state index contributed by atoms with van der Waals surface area (Å²) in [5, 5.41) is 12.9. The van der Waals surface area contributed by atoms with E-state index >= 15 is 0 Å². The molecule has 1 aliphatic heterocycles. The summed E-state index contributed by atoms with van der Waals surface area (Å²) in [5.41, 5.74) is 2.86. The third-order valence-electron chi connectivity index (χ3n) is 5.72. The van der Waals surface area contributed by atoms with Gasteiger partial charge >= 0.3 is 6.03 Å². The van der Waals surface area contributed by atoms with Gasteiger partial charge in [0.15, 0.2) is 0 Å². The summed E-state index contributed by atoms with van der Waals surface area (Å²) in [5.74, 6) is 1.07. The van der Waals surface area contributed by atoms with Crippen LogP contribution in [0.1, 0.15) is 36.8 Å². The summed E-state index contributed by atoms with van der Waals surface area (Å²) in [6.07, 6.45) is 2.41. The molecule has 1 saturated heterocycles. The monoisotopic (exact) mass is 330 g/mol. The molecule has 130 valence electrons. The number of carbonyl (C=O) groups excluding carboxylic acids is 1. The quantitative estimate of drug-likeness (QED) is 0.890. The summed E-state index contributed by atoms with van der Waals surface area (Å²) >= 11 is 0. The highest BCUT2D eigenvalue weighted by molar-refractivity contribution is 5.76. The topological polar surface area (TPSA) is 61.8 Å². The third-order valence-corrected chi connectivity index (χ3v) is 5.72. The Bertz CT molecular complexity index is 618. The van der Waals surface area contributed by atoms with Crippen LogP contribution in [0.2, 0.25) is 0 Å². The fraction of sp³-hybridized carbons (Fsp3) is 0.632. The van der Waals surface area contributed by atoms with E-state index in [9.17, 15) is 9.90 Å². The first-order valence-electron chi connectivity index (χ1n) is 9.06. The van der Waals surface area contributed by atoms with Crippen molar-refractivity contribution in [2.45, 2.75) is 50.3 Å². The lowest BCUT2D eigenvalue weighted by molar-refractivity contribution is -0.00445. The summed E-state index contributed by atoms with van der Waals surface area (Å²) < 4.78 is 5.49. The van der Waals surface area contributed by atoms with Crippen molar-refractivity contribution < 1.29 is 14.6 Å². The van der Waals surface area contributed by atoms with Crippen LogP contribution in [-0.4, -0.2) is 54.0 Å². The second-order valence-electron chi connectivity index (χ2n) is 7.41. The van der Waals surface area contributed by atoms with Crippen molar-refractivity contribution in [2.24, 2.45) is 5.92 Å². The van der Waals surface area contributed by atoms with Crippen LogP contribution >= 0.6 is 0 Å². The molecule has 0 radical (unpaired) electrons. The van der Waals surface area contributed by atoms with Crippen molar-refractivity contribution in [1.82, 2.24) is 10.2 Å². The first kappa shape index (κ1) is 15.9. The van der Waals surface area contributed by atoms with Crippen LogP contribution in [0.3, 0.4) is 0 Å². The smallest absolute Gasteiger partial charge is 0.318 e. The number of aliphatic hydroxyl groups is 1. The molecule has 2 amide bonds. The van der Waals surface area contributed by atoms with Gasteiger partial charge in [-0.2, -0.15) is 0 Å². The van der Waals surface area contributed by atoms with E-state index in [0.717, 1.165) is 12.8 Å². The van der Waals surface area contributed by atoms with Crippen LogP contribution in [0.5, 0.6) is 0 Å². The number of fused-ring (bicyclic) bond motifs is 3. The van der Waals surface area contributed by atoms with Gasteiger partial charge in [-0.3, -0.25) is 0 Å². The second kappa shape index (κ2) is 6.37. The molecule has 2 N–H and O–H groups in total. The van der Waals surface area contributed by atoms with Gasteiger partial charge in [0.25, 0.3) is 0 Å². The lowest BCUT2D eigenvalue weighted by atomic mass is 9.92. The van der Waals surface area contributed by atoms with Crippen molar-refractivity contribution in [3.63, 3.8) is 0 Å². The molecule has 2 fully saturated rings. The Balaban J connectivity index is 1.42. The maximum atomic E-state index is 12.8. The number of urea groups is 1. The predicted octanol–water partition coefficient (Wildman–Crippen LogP) is 1.90. The van der Waals surface area contributed by atoms with Gasteiger partial charge in [-0.25, -0.2) is 4.79 Å². The lowest BCUT2D eigenvalue weighted by Gasteiger charge is -2.36. The average Bonchev–Trinajstić information content (AvgIpc) is 3.28. The van der Waals surface area contributed by atoms with Gasteiger partial charge in [0.2, 0.25) is 0 Å². The summed E-state index contributed by atoms with van der Waals surface area (Å²) in [6.45, 7) is 3.45. The zero-order chi connectivity index (χ0) is 16.7. The number of carbonyl (C=O) groups is 1. The molecule has 5 heteroatoms. The second-order valence-corrected chi connectivity index (χ2v) is 7.41. The molecule has 1 heterocycles. The lowest BCUT2D eigenvalue weighted by Crippen LogP contribution is -2.53. The Morgan fingerprint density at radius 2 is 2.29 bits per heavy atom. The zero-order valence-electron chi connectivity index (χ0n) is 14.1. The van der Waals surface area contributed by atoms with Crippen molar-refractivity contribution in [2.75, 3.05) is 19.8 Å². The van der Waals surface area contributed by atoms with Crippen LogP contribution in [0.15, 0.2) is 24.3 Å².